The van der Waals surface area contributed by atoms with Crippen LogP contribution >= 0.6 is 0 Å². The number of hydrogen-bond donors (Lipinski definition) is 2. The standard InChI is InChI=1S/C28H43NO8/c1-27(2,3)37-25(32)21(11-14-34-4)17-28(12-6-7-13-28)26(33)29-22(16-24(30)31)19-36-18-20-9-8-10-23(15-20)35-5/h8-10,15,21-22H,6-7,11-14,16-19H2,1-5H3,(H,29,33)(H,30,31)/t21-,22+/m1/s1. The van der Waals surface area contributed by atoms with Crippen molar-refractivity contribution < 1.29 is 38.4 Å². The van der Waals surface area contributed by atoms with Crippen molar-refractivity contribution in [1.82, 2.24) is 5.32 Å². The molecule has 0 unspecified atom stereocenters. The van der Waals surface area contributed by atoms with E-state index in [0.29, 0.717) is 38.0 Å². The molecule has 9 heteroatoms. The van der Waals surface area contributed by atoms with E-state index in [2.05, 4.69) is 5.32 Å². The van der Waals surface area contributed by atoms with Crippen LogP contribution in [-0.4, -0.2) is 62.0 Å². The van der Waals surface area contributed by atoms with E-state index in [4.69, 9.17) is 18.9 Å². The summed E-state index contributed by atoms with van der Waals surface area (Å²) in [4.78, 5) is 38.2. The molecule has 2 N–H and O–H groups in total. The first kappa shape index (κ1) is 30.6. The third kappa shape index (κ3) is 10.3. The van der Waals surface area contributed by atoms with Gasteiger partial charge < -0.3 is 29.4 Å². The van der Waals surface area contributed by atoms with Crippen molar-refractivity contribution in [1.29, 1.82) is 0 Å². The second-order valence-electron chi connectivity index (χ2n) is 10.8. The molecule has 0 aliphatic heterocycles. The van der Waals surface area contributed by atoms with E-state index in [1.807, 2.05) is 45.0 Å². The Hall–Kier alpha value is -2.65. The van der Waals surface area contributed by atoms with E-state index in [0.717, 1.165) is 18.4 Å². The summed E-state index contributed by atoms with van der Waals surface area (Å²) in [6.45, 7) is 6.13. The van der Waals surface area contributed by atoms with Gasteiger partial charge in [-0.1, -0.05) is 25.0 Å². The topological polar surface area (TPSA) is 120 Å². The minimum Gasteiger partial charge on any atom is -0.497 e. The number of carbonyl (C=O) groups is 3. The van der Waals surface area contributed by atoms with Gasteiger partial charge in [-0.05, 0) is 64.2 Å². The number of benzene rings is 1. The summed E-state index contributed by atoms with van der Waals surface area (Å²) >= 11 is 0. The molecular weight excluding hydrogens is 478 g/mol. The molecule has 0 aromatic heterocycles. The van der Waals surface area contributed by atoms with Crippen LogP contribution in [0.4, 0.5) is 0 Å². The first-order chi connectivity index (χ1) is 17.5. The number of ether oxygens (including phenoxy) is 4. The number of nitrogens with one attached hydrogen (secondary N) is 1. The quantitative estimate of drug-likeness (QED) is 0.331. The first-order valence-electron chi connectivity index (χ1n) is 12.9. The maximum atomic E-state index is 13.6. The van der Waals surface area contributed by atoms with Crippen LogP contribution in [0, 0.1) is 11.3 Å². The Labute approximate surface area is 220 Å². The summed E-state index contributed by atoms with van der Waals surface area (Å²) < 4.78 is 21.9. The van der Waals surface area contributed by atoms with Gasteiger partial charge in [0.05, 0.1) is 44.1 Å². The number of carboxylic acid groups (broad SMARTS) is 1. The van der Waals surface area contributed by atoms with Crippen molar-refractivity contribution in [2.45, 2.75) is 84.0 Å². The lowest BCUT2D eigenvalue weighted by Crippen LogP contribution is -2.48. The number of amides is 1. The van der Waals surface area contributed by atoms with Crippen molar-refractivity contribution in [2.75, 3.05) is 27.4 Å². The molecule has 1 aliphatic carbocycles. The number of esters is 1. The zero-order valence-corrected chi connectivity index (χ0v) is 22.8. The van der Waals surface area contributed by atoms with Gasteiger partial charge in [-0.15, -0.1) is 0 Å². The molecule has 0 heterocycles. The molecule has 1 aromatic rings. The van der Waals surface area contributed by atoms with Gasteiger partial charge >= 0.3 is 11.9 Å². The van der Waals surface area contributed by atoms with Crippen LogP contribution in [0.2, 0.25) is 0 Å². The SMILES string of the molecule is COCC[C@H](CC1(C(=O)N[C@H](COCc2cccc(OC)c2)CC(=O)O)CCCC1)C(=O)OC(C)(C)C. The maximum Gasteiger partial charge on any atom is 0.309 e. The molecule has 1 saturated carbocycles. The van der Waals surface area contributed by atoms with Gasteiger partial charge in [0.2, 0.25) is 5.91 Å². The lowest BCUT2D eigenvalue weighted by Gasteiger charge is -2.33. The van der Waals surface area contributed by atoms with Gasteiger partial charge in [-0.2, -0.15) is 0 Å². The summed E-state index contributed by atoms with van der Waals surface area (Å²) in [5, 5.41) is 12.4. The maximum absolute atomic E-state index is 13.6. The molecule has 9 nitrogen and oxygen atoms in total. The van der Waals surface area contributed by atoms with Gasteiger partial charge in [0, 0.05) is 13.7 Å². The normalized spacial score (nSPS) is 16.6. The second-order valence-corrected chi connectivity index (χ2v) is 10.8. The van der Waals surface area contributed by atoms with Crippen molar-refractivity contribution in [3.63, 3.8) is 0 Å². The molecule has 2 rings (SSSR count). The van der Waals surface area contributed by atoms with E-state index < -0.39 is 28.9 Å². The minimum atomic E-state index is -1.03. The Balaban J connectivity index is 2.11. The minimum absolute atomic E-state index is 0.0461. The monoisotopic (exact) mass is 521 g/mol. The molecule has 2 atom stereocenters. The fraction of sp³-hybridized carbons (Fsp3) is 0.679. The molecular formula is C28H43NO8. The van der Waals surface area contributed by atoms with E-state index in [-0.39, 0.29) is 31.5 Å². The molecule has 1 aliphatic rings. The summed E-state index contributed by atoms with van der Waals surface area (Å²) in [6.07, 6.45) is 3.53. The fourth-order valence-corrected chi connectivity index (χ4v) is 4.78. The molecule has 0 saturated heterocycles. The van der Waals surface area contributed by atoms with Gasteiger partial charge in [-0.25, -0.2) is 0 Å². The van der Waals surface area contributed by atoms with Crippen LogP contribution in [0.1, 0.15) is 71.3 Å². The highest BCUT2D eigenvalue weighted by molar-refractivity contribution is 5.85. The second kappa shape index (κ2) is 14.3. The molecule has 1 aromatic carbocycles. The third-order valence-electron chi connectivity index (χ3n) is 6.57. The van der Waals surface area contributed by atoms with Gasteiger partial charge in [0.25, 0.3) is 0 Å². The van der Waals surface area contributed by atoms with Gasteiger partial charge in [-0.3, -0.25) is 14.4 Å². The molecule has 0 bridgehead atoms. The van der Waals surface area contributed by atoms with Crippen molar-refractivity contribution in [3.05, 3.63) is 29.8 Å². The predicted molar refractivity (Wildman–Crippen MR) is 138 cm³/mol. The molecule has 1 amide bonds. The summed E-state index contributed by atoms with van der Waals surface area (Å²) in [6, 6.07) is 6.71. The number of carboxylic acids is 1. The van der Waals surface area contributed by atoms with Gasteiger partial charge in [0.1, 0.15) is 11.4 Å². The summed E-state index contributed by atoms with van der Waals surface area (Å²) in [5.74, 6) is -1.39. The highest BCUT2D eigenvalue weighted by atomic mass is 16.6. The molecule has 208 valence electrons. The third-order valence-corrected chi connectivity index (χ3v) is 6.57. The average molecular weight is 522 g/mol. The van der Waals surface area contributed by atoms with Crippen molar-refractivity contribution >= 4 is 17.8 Å². The Morgan fingerprint density at radius 3 is 2.43 bits per heavy atom. The fourth-order valence-electron chi connectivity index (χ4n) is 4.78. The molecule has 0 radical (unpaired) electrons. The van der Waals surface area contributed by atoms with Crippen molar-refractivity contribution in [3.8, 4) is 5.75 Å². The van der Waals surface area contributed by atoms with E-state index in [9.17, 15) is 19.5 Å². The lowest BCUT2D eigenvalue weighted by atomic mass is 9.75. The smallest absolute Gasteiger partial charge is 0.309 e. The number of rotatable bonds is 15. The summed E-state index contributed by atoms with van der Waals surface area (Å²) in [5.41, 5.74) is -0.524. The zero-order chi connectivity index (χ0) is 27.5. The van der Waals surface area contributed by atoms with Crippen molar-refractivity contribution in [2.24, 2.45) is 11.3 Å². The number of aliphatic carboxylic acids is 1. The lowest BCUT2D eigenvalue weighted by molar-refractivity contribution is -0.162. The van der Waals surface area contributed by atoms with Crippen LogP contribution in [0.15, 0.2) is 24.3 Å². The predicted octanol–water partition coefficient (Wildman–Crippen LogP) is 4.12. The van der Waals surface area contributed by atoms with Crippen LogP contribution < -0.4 is 10.1 Å². The van der Waals surface area contributed by atoms with E-state index in [1.165, 1.54) is 0 Å². The number of carbonyl (C=O) groups excluding carboxylic acids is 2. The Morgan fingerprint density at radius 1 is 1.14 bits per heavy atom. The molecule has 1 fully saturated rings. The Bertz CT molecular complexity index is 888. The first-order valence-corrected chi connectivity index (χ1v) is 12.9. The highest BCUT2D eigenvalue weighted by Crippen LogP contribution is 2.44. The van der Waals surface area contributed by atoms with Crippen LogP contribution in [0.25, 0.3) is 0 Å². The van der Waals surface area contributed by atoms with E-state index >= 15 is 0 Å². The van der Waals surface area contributed by atoms with Crippen LogP contribution in [0.3, 0.4) is 0 Å². The van der Waals surface area contributed by atoms with Gasteiger partial charge in [0.15, 0.2) is 0 Å². The largest absolute Gasteiger partial charge is 0.497 e. The number of hydrogen-bond acceptors (Lipinski definition) is 7. The van der Waals surface area contributed by atoms with Crippen LogP contribution in [0.5, 0.6) is 5.75 Å². The molecule has 37 heavy (non-hydrogen) atoms. The zero-order valence-electron chi connectivity index (χ0n) is 22.8. The average Bonchev–Trinajstić information content (AvgIpc) is 3.30. The van der Waals surface area contributed by atoms with E-state index in [1.54, 1.807) is 14.2 Å². The summed E-state index contributed by atoms with van der Waals surface area (Å²) in [7, 11) is 3.16. The number of methoxy groups -OCH3 is 2. The molecule has 0 spiro atoms. The Morgan fingerprint density at radius 2 is 1.84 bits per heavy atom. The Kier molecular flexibility index (Phi) is 11.8. The van der Waals surface area contributed by atoms with Crippen LogP contribution in [-0.2, 0) is 35.2 Å². The highest BCUT2D eigenvalue weighted by Gasteiger charge is 2.45.